The largest absolute Gasteiger partial charge is 0.355 e. The van der Waals surface area contributed by atoms with Crippen LogP contribution in [0.4, 0.5) is 0 Å². The molecular formula is C16H28ClNO. The molecule has 2 rings (SSSR count). The fourth-order valence-electron chi connectivity index (χ4n) is 3.87. The third kappa shape index (κ3) is 3.45. The second kappa shape index (κ2) is 6.03. The predicted octanol–water partition coefficient (Wildman–Crippen LogP) is 4.12. The molecule has 2 saturated carbocycles. The molecule has 19 heavy (non-hydrogen) atoms. The number of amides is 1. The van der Waals surface area contributed by atoms with Gasteiger partial charge in [0.05, 0.1) is 0 Å². The van der Waals surface area contributed by atoms with Gasteiger partial charge in [0.25, 0.3) is 0 Å². The maximum Gasteiger partial charge on any atom is 0.223 e. The van der Waals surface area contributed by atoms with Crippen LogP contribution in [0.1, 0.15) is 65.2 Å². The summed E-state index contributed by atoms with van der Waals surface area (Å²) in [5, 5.41) is 3.22. The molecule has 2 nitrogen and oxygen atoms in total. The van der Waals surface area contributed by atoms with Crippen molar-refractivity contribution in [3.05, 3.63) is 0 Å². The zero-order valence-corrected chi connectivity index (χ0v) is 13.2. The highest BCUT2D eigenvalue weighted by atomic mass is 35.5. The second-order valence-electron chi connectivity index (χ2n) is 7.35. The number of rotatable bonds is 4. The van der Waals surface area contributed by atoms with Gasteiger partial charge in [-0.25, -0.2) is 0 Å². The molecule has 0 aromatic heterocycles. The smallest absolute Gasteiger partial charge is 0.223 e. The minimum Gasteiger partial charge on any atom is -0.355 e. The number of nitrogens with one attached hydrogen (secondary N) is 1. The lowest BCUT2D eigenvalue weighted by atomic mass is 9.75. The highest BCUT2D eigenvalue weighted by Crippen LogP contribution is 2.43. The Labute approximate surface area is 122 Å². The summed E-state index contributed by atoms with van der Waals surface area (Å²) in [4.78, 5) is 12.4. The first-order valence-corrected chi connectivity index (χ1v) is 8.36. The Morgan fingerprint density at radius 3 is 2.37 bits per heavy atom. The van der Waals surface area contributed by atoms with Gasteiger partial charge in [0, 0.05) is 23.8 Å². The van der Waals surface area contributed by atoms with E-state index >= 15 is 0 Å². The zero-order valence-electron chi connectivity index (χ0n) is 12.4. The fraction of sp³-hybridized carbons (Fsp3) is 0.938. The van der Waals surface area contributed by atoms with Crippen molar-refractivity contribution >= 4 is 17.5 Å². The first kappa shape index (κ1) is 15.2. The maximum absolute atomic E-state index is 12.4. The third-order valence-electron chi connectivity index (χ3n) is 5.41. The van der Waals surface area contributed by atoms with Crippen LogP contribution in [0.3, 0.4) is 0 Å². The van der Waals surface area contributed by atoms with Crippen molar-refractivity contribution in [3.8, 4) is 0 Å². The summed E-state index contributed by atoms with van der Waals surface area (Å²) in [7, 11) is 0. The Morgan fingerprint density at radius 2 is 1.84 bits per heavy atom. The SMILES string of the molecule is CC1(C)CCCC1C(=O)NCC1(CCl)CCCCC1. The van der Waals surface area contributed by atoms with Crippen molar-refractivity contribution in [1.82, 2.24) is 5.32 Å². The van der Waals surface area contributed by atoms with Crippen LogP contribution in [-0.4, -0.2) is 18.3 Å². The number of carbonyl (C=O) groups is 1. The summed E-state index contributed by atoms with van der Waals surface area (Å²) in [6.07, 6.45) is 9.59. The molecule has 0 bridgehead atoms. The molecule has 1 unspecified atom stereocenters. The average Bonchev–Trinajstić information content (AvgIpc) is 2.77. The fourth-order valence-corrected chi connectivity index (χ4v) is 4.23. The minimum atomic E-state index is 0.165. The molecule has 0 aliphatic heterocycles. The summed E-state index contributed by atoms with van der Waals surface area (Å²) < 4.78 is 0. The molecular weight excluding hydrogens is 258 g/mol. The van der Waals surface area contributed by atoms with E-state index < -0.39 is 0 Å². The van der Waals surface area contributed by atoms with Gasteiger partial charge in [0.1, 0.15) is 0 Å². The highest BCUT2D eigenvalue weighted by Gasteiger charge is 2.40. The molecule has 2 aliphatic rings. The van der Waals surface area contributed by atoms with Gasteiger partial charge in [-0.1, -0.05) is 39.5 Å². The van der Waals surface area contributed by atoms with E-state index in [0.29, 0.717) is 5.88 Å². The van der Waals surface area contributed by atoms with Gasteiger partial charge in [-0.3, -0.25) is 4.79 Å². The van der Waals surface area contributed by atoms with Gasteiger partial charge in [-0.2, -0.15) is 0 Å². The standard InChI is InChI=1S/C16H28ClNO/c1-15(2)8-6-7-13(15)14(19)18-12-16(11-17)9-4-3-5-10-16/h13H,3-12H2,1-2H3,(H,18,19). The van der Waals surface area contributed by atoms with Crippen LogP contribution in [0.5, 0.6) is 0 Å². The summed E-state index contributed by atoms with van der Waals surface area (Å²) in [5.74, 6) is 1.14. The Hall–Kier alpha value is -0.240. The van der Waals surface area contributed by atoms with Gasteiger partial charge in [0.2, 0.25) is 5.91 Å². The Balaban J connectivity index is 1.89. The van der Waals surface area contributed by atoms with Crippen LogP contribution in [0, 0.1) is 16.7 Å². The lowest BCUT2D eigenvalue weighted by Gasteiger charge is -2.36. The van der Waals surface area contributed by atoms with Crippen molar-refractivity contribution in [1.29, 1.82) is 0 Å². The Morgan fingerprint density at radius 1 is 1.16 bits per heavy atom. The number of hydrogen-bond acceptors (Lipinski definition) is 1. The highest BCUT2D eigenvalue weighted by molar-refractivity contribution is 6.18. The first-order valence-electron chi connectivity index (χ1n) is 7.83. The van der Waals surface area contributed by atoms with Gasteiger partial charge < -0.3 is 5.32 Å². The molecule has 0 radical (unpaired) electrons. The van der Waals surface area contributed by atoms with Gasteiger partial charge in [-0.05, 0) is 31.1 Å². The Bertz CT molecular complexity index is 321. The molecule has 0 aromatic carbocycles. The van der Waals surface area contributed by atoms with Crippen LogP contribution in [0.15, 0.2) is 0 Å². The monoisotopic (exact) mass is 285 g/mol. The molecule has 1 N–H and O–H groups in total. The lowest BCUT2D eigenvalue weighted by Crippen LogP contribution is -2.44. The minimum absolute atomic E-state index is 0.165. The summed E-state index contributed by atoms with van der Waals surface area (Å²) in [6, 6.07) is 0. The molecule has 1 atom stereocenters. The number of alkyl halides is 1. The van der Waals surface area contributed by atoms with E-state index in [1.807, 2.05) is 0 Å². The second-order valence-corrected chi connectivity index (χ2v) is 7.61. The zero-order chi connectivity index (χ0) is 13.9. The van der Waals surface area contributed by atoms with Gasteiger partial charge >= 0.3 is 0 Å². The molecule has 1 amide bonds. The summed E-state index contributed by atoms with van der Waals surface area (Å²) in [5.41, 5.74) is 0.336. The molecule has 0 spiro atoms. The lowest BCUT2D eigenvalue weighted by molar-refractivity contribution is -0.128. The van der Waals surface area contributed by atoms with Crippen LogP contribution in [-0.2, 0) is 4.79 Å². The van der Waals surface area contributed by atoms with Crippen molar-refractivity contribution in [2.45, 2.75) is 65.2 Å². The van der Waals surface area contributed by atoms with Gasteiger partial charge in [0.15, 0.2) is 0 Å². The van der Waals surface area contributed by atoms with E-state index in [0.717, 1.165) is 13.0 Å². The molecule has 0 heterocycles. The first-order chi connectivity index (χ1) is 8.99. The topological polar surface area (TPSA) is 29.1 Å². The van der Waals surface area contributed by atoms with Crippen LogP contribution in [0.2, 0.25) is 0 Å². The van der Waals surface area contributed by atoms with E-state index in [1.54, 1.807) is 0 Å². The number of carbonyl (C=O) groups excluding carboxylic acids is 1. The van der Waals surface area contributed by atoms with Crippen LogP contribution < -0.4 is 5.32 Å². The normalized spacial score (nSPS) is 29.1. The van der Waals surface area contributed by atoms with E-state index in [4.69, 9.17) is 11.6 Å². The van der Waals surface area contributed by atoms with E-state index in [-0.39, 0.29) is 22.7 Å². The maximum atomic E-state index is 12.4. The summed E-state index contributed by atoms with van der Waals surface area (Å²) in [6.45, 7) is 5.23. The van der Waals surface area contributed by atoms with Crippen molar-refractivity contribution < 1.29 is 4.79 Å². The van der Waals surface area contributed by atoms with Gasteiger partial charge in [-0.15, -0.1) is 11.6 Å². The van der Waals surface area contributed by atoms with Crippen LogP contribution >= 0.6 is 11.6 Å². The van der Waals surface area contributed by atoms with E-state index in [9.17, 15) is 4.79 Å². The molecule has 110 valence electrons. The molecule has 0 aromatic rings. The predicted molar refractivity (Wildman–Crippen MR) is 80.4 cm³/mol. The number of halogens is 1. The Kier molecular flexibility index (Phi) is 4.81. The molecule has 0 saturated heterocycles. The third-order valence-corrected chi connectivity index (χ3v) is 5.98. The quantitative estimate of drug-likeness (QED) is 0.774. The molecule has 2 fully saturated rings. The number of hydrogen-bond donors (Lipinski definition) is 1. The van der Waals surface area contributed by atoms with Crippen LogP contribution in [0.25, 0.3) is 0 Å². The molecule has 2 aliphatic carbocycles. The van der Waals surface area contributed by atoms with Crippen molar-refractivity contribution in [3.63, 3.8) is 0 Å². The van der Waals surface area contributed by atoms with Crippen molar-refractivity contribution in [2.24, 2.45) is 16.7 Å². The molecule has 3 heteroatoms. The van der Waals surface area contributed by atoms with Crippen molar-refractivity contribution in [2.75, 3.05) is 12.4 Å². The average molecular weight is 286 g/mol. The van der Waals surface area contributed by atoms with E-state index in [1.165, 1.54) is 44.9 Å². The van der Waals surface area contributed by atoms with E-state index in [2.05, 4.69) is 19.2 Å². The summed E-state index contributed by atoms with van der Waals surface area (Å²) >= 11 is 6.18.